The molecule has 19 heavy (non-hydrogen) atoms. The van der Waals surface area contributed by atoms with Gasteiger partial charge in [0.15, 0.2) is 0 Å². The molecular formula is C15H22O4. The fourth-order valence-corrected chi connectivity index (χ4v) is 1.94. The molecule has 0 fully saturated rings. The van der Waals surface area contributed by atoms with Crippen molar-refractivity contribution >= 4 is 5.97 Å². The quantitative estimate of drug-likeness (QED) is 0.770. The second kappa shape index (κ2) is 7.26. The number of rotatable bonds is 7. The molecule has 0 bridgehead atoms. The Bertz CT molecular complexity index is 386. The topological polar surface area (TPSA) is 55.8 Å². The van der Waals surface area contributed by atoms with Crippen molar-refractivity contribution in [2.45, 2.75) is 26.9 Å². The zero-order chi connectivity index (χ0) is 14.3. The van der Waals surface area contributed by atoms with Crippen molar-refractivity contribution < 1.29 is 19.4 Å². The summed E-state index contributed by atoms with van der Waals surface area (Å²) >= 11 is 0. The Morgan fingerprint density at radius 2 is 1.95 bits per heavy atom. The summed E-state index contributed by atoms with van der Waals surface area (Å²) in [6.07, 6.45) is -0.445. The van der Waals surface area contributed by atoms with Crippen LogP contribution in [0.5, 0.6) is 0 Å². The Morgan fingerprint density at radius 3 is 2.47 bits per heavy atom. The Hall–Kier alpha value is -1.39. The van der Waals surface area contributed by atoms with E-state index in [1.54, 1.807) is 20.8 Å². The zero-order valence-corrected chi connectivity index (χ0v) is 11.8. The van der Waals surface area contributed by atoms with Crippen LogP contribution in [-0.4, -0.2) is 30.9 Å². The zero-order valence-electron chi connectivity index (χ0n) is 11.8. The number of esters is 1. The van der Waals surface area contributed by atoms with Gasteiger partial charge in [-0.3, -0.25) is 4.79 Å². The van der Waals surface area contributed by atoms with Crippen molar-refractivity contribution in [3.63, 3.8) is 0 Å². The molecule has 0 spiro atoms. The fourth-order valence-electron chi connectivity index (χ4n) is 1.94. The van der Waals surface area contributed by atoms with E-state index in [0.717, 1.165) is 5.56 Å². The van der Waals surface area contributed by atoms with E-state index in [4.69, 9.17) is 14.6 Å². The van der Waals surface area contributed by atoms with E-state index in [1.807, 2.05) is 30.3 Å². The minimum absolute atomic E-state index is 0.0811. The van der Waals surface area contributed by atoms with Crippen LogP contribution in [0, 0.1) is 5.41 Å². The highest BCUT2D eigenvalue weighted by Gasteiger charge is 2.40. The van der Waals surface area contributed by atoms with Gasteiger partial charge in [0, 0.05) is 0 Å². The number of hydrogen-bond donors (Lipinski definition) is 1. The molecule has 1 aromatic carbocycles. The third kappa shape index (κ3) is 4.04. The molecule has 0 radical (unpaired) electrons. The summed E-state index contributed by atoms with van der Waals surface area (Å²) in [6, 6.07) is 9.51. The van der Waals surface area contributed by atoms with Crippen LogP contribution < -0.4 is 0 Å². The average Bonchev–Trinajstić information content (AvgIpc) is 2.40. The first kappa shape index (κ1) is 15.7. The lowest BCUT2D eigenvalue weighted by Crippen LogP contribution is -2.35. The van der Waals surface area contributed by atoms with Gasteiger partial charge in [0.1, 0.15) is 0 Å². The summed E-state index contributed by atoms with van der Waals surface area (Å²) in [5.74, 6) is -0.304. The van der Waals surface area contributed by atoms with E-state index in [9.17, 15) is 4.79 Å². The van der Waals surface area contributed by atoms with Gasteiger partial charge in [-0.25, -0.2) is 0 Å². The Labute approximate surface area is 114 Å². The lowest BCUT2D eigenvalue weighted by molar-refractivity contribution is -0.164. The summed E-state index contributed by atoms with van der Waals surface area (Å²) < 4.78 is 10.8. The number of hydrogen-bond acceptors (Lipinski definition) is 4. The molecule has 0 aliphatic rings. The van der Waals surface area contributed by atoms with Crippen LogP contribution in [0.1, 0.15) is 32.4 Å². The van der Waals surface area contributed by atoms with Crippen molar-refractivity contribution in [3.05, 3.63) is 35.9 Å². The molecule has 1 N–H and O–H groups in total. The van der Waals surface area contributed by atoms with Crippen LogP contribution in [0.15, 0.2) is 30.3 Å². The van der Waals surface area contributed by atoms with Gasteiger partial charge in [-0.05, 0) is 26.3 Å². The van der Waals surface area contributed by atoms with Crippen LogP contribution in [-0.2, 0) is 14.3 Å². The minimum Gasteiger partial charge on any atom is -0.465 e. The number of aliphatic hydroxyl groups excluding tert-OH is 1. The second-order valence-corrected chi connectivity index (χ2v) is 4.83. The molecule has 0 heterocycles. The summed E-state index contributed by atoms with van der Waals surface area (Å²) in [5, 5.41) is 8.93. The van der Waals surface area contributed by atoms with Crippen LogP contribution in [0.3, 0.4) is 0 Å². The molecular weight excluding hydrogens is 244 g/mol. The highest BCUT2D eigenvalue weighted by Crippen LogP contribution is 2.37. The maximum Gasteiger partial charge on any atom is 0.314 e. The van der Waals surface area contributed by atoms with E-state index in [2.05, 4.69) is 0 Å². The predicted octanol–water partition coefficient (Wildman–Crippen LogP) is 2.33. The second-order valence-electron chi connectivity index (χ2n) is 4.83. The number of carbonyl (C=O) groups excluding carboxylic acids is 1. The molecule has 1 atom stereocenters. The van der Waals surface area contributed by atoms with Crippen molar-refractivity contribution in [2.24, 2.45) is 5.41 Å². The molecule has 1 aromatic rings. The van der Waals surface area contributed by atoms with Gasteiger partial charge >= 0.3 is 5.97 Å². The molecule has 4 nitrogen and oxygen atoms in total. The highest BCUT2D eigenvalue weighted by molar-refractivity contribution is 5.77. The largest absolute Gasteiger partial charge is 0.465 e. The van der Waals surface area contributed by atoms with Crippen molar-refractivity contribution in [1.82, 2.24) is 0 Å². The van der Waals surface area contributed by atoms with E-state index in [0.29, 0.717) is 6.61 Å². The molecule has 4 heteroatoms. The highest BCUT2D eigenvalue weighted by atomic mass is 16.5. The first-order valence-corrected chi connectivity index (χ1v) is 6.48. The number of ether oxygens (including phenoxy) is 2. The van der Waals surface area contributed by atoms with E-state index in [1.165, 1.54) is 0 Å². The standard InChI is InChI=1S/C15H22O4/c1-4-18-14(17)15(2,3)13(19-11-10-16)12-8-6-5-7-9-12/h5-9,13,16H,4,10-11H2,1-3H3/t13-/m0/s1. The van der Waals surface area contributed by atoms with E-state index < -0.39 is 11.5 Å². The Morgan fingerprint density at radius 1 is 1.32 bits per heavy atom. The van der Waals surface area contributed by atoms with Gasteiger partial charge in [0.2, 0.25) is 0 Å². The lowest BCUT2D eigenvalue weighted by Gasteiger charge is -2.32. The fraction of sp³-hybridized carbons (Fsp3) is 0.533. The molecule has 0 unspecified atom stereocenters. The Balaban J connectivity index is 2.99. The van der Waals surface area contributed by atoms with Crippen molar-refractivity contribution in [3.8, 4) is 0 Å². The van der Waals surface area contributed by atoms with Gasteiger partial charge in [-0.1, -0.05) is 30.3 Å². The monoisotopic (exact) mass is 266 g/mol. The van der Waals surface area contributed by atoms with Gasteiger partial charge in [-0.15, -0.1) is 0 Å². The lowest BCUT2D eigenvalue weighted by atomic mass is 9.82. The first-order chi connectivity index (χ1) is 9.04. The molecule has 0 aliphatic heterocycles. The van der Waals surface area contributed by atoms with E-state index in [-0.39, 0.29) is 19.2 Å². The molecule has 0 saturated heterocycles. The van der Waals surface area contributed by atoms with Crippen LogP contribution in [0.25, 0.3) is 0 Å². The molecule has 0 amide bonds. The molecule has 0 aromatic heterocycles. The SMILES string of the molecule is CCOC(=O)C(C)(C)[C@@H](OCCO)c1ccccc1. The van der Waals surface area contributed by atoms with Crippen molar-refractivity contribution in [1.29, 1.82) is 0 Å². The first-order valence-electron chi connectivity index (χ1n) is 6.48. The third-order valence-corrected chi connectivity index (χ3v) is 2.94. The van der Waals surface area contributed by atoms with Crippen LogP contribution >= 0.6 is 0 Å². The number of aliphatic hydroxyl groups is 1. The van der Waals surface area contributed by atoms with Gasteiger partial charge in [-0.2, -0.15) is 0 Å². The van der Waals surface area contributed by atoms with Crippen LogP contribution in [0.4, 0.5) is 0 Å². The smallest absolute Gasteiger partial charge is 0.314 e. The third-order valence-electron chi connectivity index (χ3n) is 2.94. The molecule has 106 valence electrons. The van der Waals surface area contributed by atoms with Gasteiger partial charge in [0.05, 0.1) is 31.3 Å². The maximum atomic E-state index is 12.1. The summed E-state index contributed by atoms with van der Waals surface area (Å²) in [5.41, 5.74) is 0.0843. The summed E-state index contributed by atoms with van der Waals surface area (Å²) in [6.45, 7) is 5.80. The summed E-state index contributed by atoms with van der Waals surface area (Å²) in [7, 11) is 0. The van der Waals surface area contributed by atoms with Gasteiger partial charge in [0.25, 0.3) is 0 Å². The molecule has 0 saturated carbocycles. The van der Waals surface area contributed by atoms with E-state index >= 15 is 0 Å². The number of carbonyl (C=O) groups is 1. The van der Waals surface area contributed by atoms with Crippen LogP contribution in [0.2, 0.25) is 0 Å². The van der Waals surface area contributed by atoms with Crippen molar-refractivity contribution in [2.75, 3.05) is 19.8 Å². The normalized spacial score (nSPS) is 13.1. The molecule has 1 rings (SSSR count). The van der Waals surface area contributed by atoms with Gasteiger partial charge < -0.3 is 14.6 Å². The Kier molecular flexibility index (Phi) is 5.99. The molecule has 0 aliphatic carbocycles. The maximum absolute atomic E-state index is 12.1. The average molecular weight is 266 g/mol. The minimum atomic E-state index is -0.813. The summed E-state index contributed by atoms with van der Waals surface area (Å²) in [4.78, 5) is 12.1. The predicted molar refractivity (Wildman–Crippen MR) is 72.6 cm³/mol. The number of benzene rings is 1.